The molecule has 1 atom stereocenters. The SMILES string of the molecule is CCc1ccc([C@H](C)NC(=O)COC(=O)c2cc(O)c3ccccc3c2O)cc1. The van der Waals surface area contributed by atoms with Gasteiger partial charge in [0.15, 0.2) is 6.61 Å². The maximum Gasteiger partial charge on any atom is 0.342 e. The first kappa shape index (κ1) is 20.2. The van der Waals surface area contributed by atoms with Crippen LogP contribution in [0.3, 0.4) is 0 Å². The summed E-state index contributed by atoms with van der Waals surface area (Å²) < 4.78 is 5.03. The Hall–Kier alpha value is -3.54. The highest BCUT2D eigenvalue weighted by Crippen LogP contribution is 2.35. The van der Waals surface area contributed by atoms with Crippen LogP contribution in [0.4, 0.5) is 0 Å². The Morgan fingerprint density at radius 3 is 2.34 bits per heavy atom. The normalized spacial score (nSPS) is 11.8. The highest BCUT2D eigenvalue weighted by atomic mass is 16.5. The summed E-state index contributed by atoms with van der Waals surface area (Å²) >= 11 is 0. The number of benzene rings is 3. The van der Waals surface area contributed by atoms with Crippen molar-refractivity contribution in [3.8, 4) is 11.5 Å². The summed E-state index contributed by atoms with van der Waals surface area (Å²) in [7, 11) is 0. The van der Waals surface area contributed by atoms with Gasteiger partial charge in [-0.3, -0.25) is 4.79 Å². The van der Waals surface area contributed by atoms with Crippen molar-refractivity contribution in [1.82, 2.24) is 5.32 Å². The highest BCUT2D eigenvalue weighted by molar-refractivity contribution is 6.04. The summed E-state index contributed by atoms with van der Waals surface area (Å²) in [5.74, 6) is -1.80. The maximum absolute atomic E-state index is 12.3. The molecule has 0 radical (unpaired) electrons. The van der Waals surface area contributed by atoms with E-state index in [1.165, 1.54) is 5.56 Å². The molecule has 3 rings (SSSR count). The number of hydrogen-bond acceptors (Lipinski definition) is 5. The van der Waals surface area contributed by atoms with Gasteiger partial charge in [0.25, 0.3) is 5.91 Å². The van der Waals surface area contributed by atoms with Crippen LogP contribution < -0.4 is 5.32 Å². The fourth-order valence-corrected chi connectivity index (χ4v) is 3.11. The van der Waals surface area contributed by atoms with E-state index in [1.54, 1.807) is 24.3 Å². The van der Waals surface area contributed by atoms with Crippen LogP contribution in [0.25, 0.3) is 10.8 Å². The average molecular weight is 393 g/mol. The number of phenolic OH excluding ortho intramolecular Hbond substituents is 2. The Morgan fingerprint density at radius 2 is 1.69 bits per heavy atom. The van der Waals surface area contributed by atoms with E-state index >= 15 is 0 Å². The van der Waals surface area contributed by atoms with Crippen molar-refractivity contribution >= 4 is 22.6 Å². The van der Waals surface area contributed by atoms with E-state index < -0.39 is 18.5 Å². The van der Waals surface area contributed by atoms with Gasteiger partial charge in [-0.2, -0.15) is 0 Å². The van der Waals surface area contributed by atoms with Gasteiger partial charge >= 0.3 is 5.97 Å². The van der Waals surface area contributed by atoms with Gasteiger partial charge in [0.05, 0.1) is 6.04 Å². The van der Waals surface area contributed by atoms with E-state index in [4.69, 9.17) is 4.74 Å². The number of hydrogen-bond donors (Lipinski definition) is 3. The molecule has 3 aromatic rings. The van der Waals surface area contributed by atoms with Gasteiger partial charge in [0.1, 0.15) is 17.1 Å². The summed E-state index contributed by atoms with van der Waals surface area (Å²) in [6, 6.07) is 15.4. The fraction of sp³-hybridized carbons (Fsp3) is 0.217. The maximum atomic E-state index is 12.3. The predicted octanol–water partition coefficient (Wildman–Crippen LogP) is 3.85. The molecule has 0 unspecified atom stereocenters. The molecule has 0 aromatic heterocycles. The molecule has 3 aromatic carbocycles. The standard InChI is InChI=1S/C23H23NO5/c1-3-15-8-10-16(11-9-15)14(2)24-21(26)13-29-23(28)19-12-20(25)17-6-4-5-7-18(17)22(19)27/h4-12,14,25,27H,3,13H2,1-2H3,(H,24,26)/t14-/m0/s1. The number of esters is 1. The molecule has 29 heavy (non-hydrogen) atoms. The van der Waals surface area contributed by atoms with Gasteiger partial charge in [-0.1, -0.05) is 55.5 Å². The Balaban J connectivity index is 1.63. The number of carbonyl (C=O) groups is 2. The van der Waals surface area contributed by atoms with Crippen LogP contribution in [-0.2, 0) is 16.0 Å². The fourth-order valence-electron chi connectivity index (χ4n) is 3.11. The number of amides is 1. The van der Waals surface area contributed by atoms with Crippen LogP contribution in [0, 0.1) is 0 Å². The lowest BCUT2D eigenvalue weighted by atomic mass is 10.0. The molecule has 0 aliphatic rings. The third-order valence-corrected chi connectivity index (χ3v) is 4.81. The molecule has 0 aliphatic heterocycles. The first-order valence-electron chi connectivity index (χ1n) is 9.39. The van der Waals surface area contributed by atoms with E-state index in [2.05, 4.69) is 12.2 Å². The number of nitrogens with one attached hydrogen (secondary N) is 1. The van der Waals surface area contributed by atoms with Crippen molar-refractivity contribution in [3.05, 3.63) is 71.3 Å². The number of aromatic hydroxyl groups is 2. The molecule has 0 bridgehead atoms. The lowest BCUT2D eigenvalue weighted by Crippen LogP contribution is -2.31. The van der Waals surface area contributed by atoms with Gasteiger partial charge in [-0.05, 0) is 30.5 Å². The van der Waals surface area contributed by atoms with Gasteiger partial charge in [-0.25, -0.2) is 4.79 Å². The van der Waals surface area contributed by atoms with E-state index in [1.807, 2.05) is 31.2 Å². The summed E-state index contributed by atoms with van der Waals surface area (Å²) in [6.45, 7) is 3.42. The molecule has 0 saturated carbocycles. The molecule has 0 saturated heterocycles. The van der Waals surface area contributed by atoms with Crippen molar-refractivity contribution in [1.29, 1.82) is 0 Å². The number of fused-ring (bicyclic) bond motifs is 1. The predicted molar refractivity (Wildman–Crippen MR) is 110 cm³/mol. The first-order chi connectivity index (χ1) is 13.9. The molecule has 0 fully saturated rings. The summed E-state index contributed by atoms with van der Waals surface area (Å²) in [4.78, 5) is 24.5. The lowest BCUT2D eigenvalue weighted by Gasteiger charge is -2.15. The number of aryl methyl sites for hydroxylation is 1. The molecular weight excluding hydrogens is 370 g/mol. The van der Waals surface area contributed by atoms with Crippen molar-refractivity contribution in [2.75, 3.05) is 6.61 Å². The molecule has 0 spiro atoms. The van der Waals surface area contributed by atoms with Crippen molar-refractivity contribution < 1.29 is 24.5 Å². The molecule has 0 aliphatic carbocycles. The van der Waals surface area contributed by atoms with Crippen LogP contribution in [0.15, 0.2) is 54.6 Å². The number of rotatable bonds is 6. The molecule has 0 heterocycles. The molecular formula is C23H23NO5. The van der Waals surface area contributed by atoms with Gasteiger partial charge < -0.3 is 20.3 Å². The number of carbonyl (C=O) groups excluding carboxylic acids is 2. The summed E-state index contributed by atoms with van der Waals surface area (Å²) in [5, 5.41) is 23.9. The second-order valence-electron chi connectivity index (χ2n) is 6.80. The zero-order chi connectivity index (χ0) is 21.0. The summed E-state index contributed by atoms with van der Waals surface area (Å²) in [6.07, 6.45) is 0.939. The van der Waals surface area contributed by atoms with Crippen LogP contribution >= 0.6 is 0 Å². The van der Waals surface area contributed by atoms with E-state index in [0.717, 1.165) is 18.1 Å². The Morgan fingerprint density at radius 1 is 1.03 bits per heavy atom. The molecule has 1 amide bonds. The Bertz CT molecular complexity index is 1040. The van der Waals surface area contributed by atoms with E-state index in [0.29, 0.717) is 10.8 Å². The topological polar surface area (TPSA) is 95.9 Å². The van der Waals surface area contributed by atoms with Crippen LogP contribution in [0.1, 0.15) is 41.4 Å². The minimum atomic E-state index is -0.890. The minimum absolute atomic E-state index is 0.154. The Labute approximate surface area is 168 Å². The Kier molecular flexibility index (Phi) is 6.02. The molecule has 150 valence electrons. The third kappa shape index (κ3) is 4.48. The van der Waals surface area contributed by atoms with Gasteiger partial charge in [0.2, 0.25) is 0 Å². The van der Waals surface area contributed by atoms with Crippen LogP contribution in [0.2, 0.25) is 0 Å². The summed E-state index contributed by atoms with van der Waals surface area (Å²) in [5.41, 5.74) is 1.95. The first-order valence-corrected chi connectivity index (χ1v) is 9.39. The zero-order valence-electron chi connectivity index (χ0n) is 16.3. The van der Waals surface area contributed by atoms with E-state index in [-0.39, 0.29) is 23.1 Å². The minimum Gasteiger partial charge on any atom is -0.507 e. The highest BCUT2D eigenvalue weighted by Gasteiger charge is 2.19. The number of phenols is 2. The van der Waals surface area contributed by atoms with Crippen LogP contribution in [-0.4, -0.2) is 28.7 Å². The van der Waals surface area contributed by atoms with Crippen molar-refractivity contribution in [2.24, 2.45) is 0 Å². The monoisotopic (exact) mass is 393 g/mol. The smallest absolute Gasteiger partial charge is 0.342 e. The van der Waals surface area contributed by atoms with E-state index in [9.17, 15) is 19.8 Å². The second kappa shape index (κ2) is 8.65. The zero-order valence-corrected chi connectivity index (χ0v) is 16.3. The van der Waals surface area contributed by atoms with Crippen molar-refractivity contribution in [3.63, 3.8) is 0 Å². The quantitative estimate of drug-likeness (QED) is 0.437. The van der Waals surface area contributed by atoms with Crippen molar-refractivity contribution in [2.45, 2.75) is 26.3 Å². The van der Waals surface area contributed by atoms with Gasteiger partial charge in [-0.15, -0.1) is 0 Å². The largest absolute Gasteiger partial charge is 0.507 e. The third-order valence-electron chi connectivity index (χ3n) is 4.81. The second-order valence-corrected chi connectivity index (χ2v) is 6.80. The molecule has 6 nitrogen and oxygen atoms in total. The van der Waals surface area contributed by atoms with Gasteiger partial charge in [0, 0.05) is 10.8 Å². The molecule has 3 N–H and O–H groups in total. The number of ether oxygens (including phenoxy) is 1. The average Bonchev–Trinajstić information content (AvgIpc) is 2.74. The lowest BCUT2D eigenvalue weighted by molar-refractivity contribution is -0.124. The van der Waals surface area contributed by atoms with Crippen LogP contribution in [0.5, 0.6) is 11.5 Å². The molecule has 6 heteroatoms.